The summed E-state index contributed by atoms with van der Waals surface area (Å²) in [5.41, 5.74) is 6.11. The summed E-state index contributed by atoms with van der Waals surface area (Å²) in [5, 5.41) is 6.92. The quantitative estimate of drug-likeness (QED) is 0.743. The largest absolute Gasteiger partial charge is 0.484 e. The Bertz CT molecular complexity index is 398. The second-order valence-electron chi connectivity index (χ2n) is 4.80. The summed E-state index contributed by atoms with van der Waals surface area (Å²) in [4.78, 5) is 10.6. The van der Waals surface area contributed by atoms with E-state index in [1.165, 1.54) is 12.8 Å². The van der Waals surface area contributed by atoms with E-state index in [-0.39, 0.29) is 6.61 Å². The molecule has 2 rings (SSSR count). The van der Waals surface area contributed by atoms with Gasteiger partial charge >= 0.3 is 0 Å². The number of amides is 1. The number of hydrogen-bond donors (Lipinski definition) is 3. The van der Waals surface area contributed by atoms with Crippen molar-refractivity contribution in [2.24, 2.45) is 5.73 Å². The minimum atomic E-state index is -0.465. The average Bonchev–Trinajstić information content (AvgIpc) is 2.66. The predicted octanol–water partition coefficient (Wildman–Crippen LogP) is 1.10. The topological polar surface area (TPSA) is 76.4 Å². The molecule has 0 aromatic heterocycles. The molecule has 1 aromatic carbocycles. The third kappa shape index (κ3) is 4.79. The molecule has 5 nitrogen and oxygen atoms in total. The van der Waals surface area contributed by atoms with E-state index < -0.39 is 5.91 Å². The molecule has 1 aromatic rings. The van der Waals surface area contributed by atoms with E-state index in [0.29, 0.717) is 11.8 Å². The molecule has 1 saturated heterocycles. The SMILES string of the molecule is NC(=O)COc1ccc(NC2CCCNCC2)cc1. The van der Waals surface area contributed by atoms with Crippen molar-refractivity contribution in [3.8, 4) is 5.75 Å². The van der Waals surface area contributed by atoms with Crippen molar-refractivity contribution in [1.29, 1.82) is 0 Å². The highest BCUT2D eigenvalue weighted by molar-refractivity contribution is 5.75. The number of carbonyl (C=O) groups is 1. The van der Waals surface area contributed by atoms with Gasteiger partial charge in [0, 0.05) is 11.7 Å². The Morgan fingerprint density at radius 1 is 1.32 bits per heavy atom. The Morgan fingerprint density at radius 2 is 2.11 bits per heavy atom. The molecule has 104 valence electrons. The van der Waals surface area contributed by atoms with E-state index in [2.05, 4.69) is 10.6 Å². The smallest absolute Gasteiger partial charge is 0.255 e. The maximum absolute atomic E-state index is 10.6. The minimum Gasteiger partial charge on any atom is -0.484 e. The molecule has 1 aliphatic heterocycles. The first-order valence-corrected chi connectivity index (χ1v) is 6.72. The number of rotatable bonds is 5. The predicted molar refractivity (Wildman–Crippen MR) is 75.3 cm³/mol. The van der Waals surface area contributed by atoms with Gasteiger partial charge in [0.1, 0.15) is 5.75 Å². The van der Waals surface area contributed by atoms with Gasteiger partial charge in [-0.3, -0.25) is 4.79 Å². The van der Waals surface area contributed by atoms with E-state index in [4.69, 9.17) is 10.5 Å². The van der Waals surface area contributed by atoms with Crippen LogP contribution in [-0.2, 0) is 4.79 Å². The molecular formula is C14H21N3O2. The Labute approximate surface area is 113 Å². The summed E-state index contributed by atoms with van der Waals surface area (Å²) in [6.07, 6.45) is 3.53. The molecule has 1 unspecified atom stereocenters. The molecular weight excluding hydrogens is 242 g/mol. The molecule has 1 amide bonds. The van der Waals surface area contributed by atoms with Gasteiger partial charge in [0.25, 0.3) is 5.91 Å². The zero-order valence-electron chi connectivity index (χ0n) is 11.0. The third-order valence-electron chi connectivity index (χ3n) is 3.18. The van der Waals surface area contributed by atoms with Crippen LogP contribution in [0.4, 0.5) is 5.69 Å². The normalized spacial score (nSPS) is 19.5. The zero-order chi connectivity index (χ0) is 13.5. The first kappa shape index (κ1) is 13.7. The number of anilines is 1. The highest BCUT2D eigenvalue weighted by Gasteiger charge is 2.11. The highest BCUT2D eigenvalue weighted by Crippen LogP contribution is 2.18. The summed E-state index contributed by atoms with van der Waals surface area (Å²) in [7, 11) is 0. The lowest BCUT2D eigenvalue weighted by atomic mass is 10.1. The van der Waals surface area contributed by atoms with E-state index in [1.807, 2.05) is 24.3 Å². The van der Waals surface area contributed by atoms with Crippen LogP contribution in [0.15, 0.2) is 24.3 Å². The molecule has 19 heavy (non-hydrogen) atoms. The molecule has 1 fully saturated rings. The number of nitrogens with one attached hydrogen (secondary N) is 2. The lowest BCUT2D eigenvalue weighted by molar-refractivity contribution is -0.119. The molecule has 0 saturated carbocycles. The van der Waals surface area contributed by atoms with Crippen molar-refractivity contribution in [2.45, 2.75) is 25.3 Å². The van der Waals surface area contributed by atoms with Crippen molar-refractivity contribution < 1.29 is 9.53 Å². The molecule has 1 heterocycles. The molecule has 0 aliphatic carbocycles. The van der Waals surface area contributed by atoms with Crippen LogP contribution in [0.5, 0.6) is 5.75 Å². The van der Waals surface area contributed by atoms with Gasteiger partial charge in [-0.1, -0.05) is 0 Å². The Balaban J connectivity index is 1.85. The van der Waals surface area contributed by atoms with Crippen LogP contribution in [0.1, 0.15) is 19.3 Å². The van der Waals surface area contributed by atoms with Gasteiger partial charge in [0.05, 0.1) is 0 Å². The fraction of sp³-hybridized carbons (Fsp3) is 0.500. The maximum atomic E-state index is 10.6. The summed E-state index contributed by atoms with van der Waals surface area (Å²) in [6, 6.07) is 8.15. The first-order valence-electron chi connectivity index (χ1n) is 6.72. The van der Waals surface area contributed by atoms with Gasteiger partial charge < -0.3 is 21.1 Å². The van der Waals surface area contributed by atoms with Gasteiger partial charge in [0.2, 0.25) is 0 Å². The maximum Gasteiger partial charge on any atom is 0.255 e. The molecule has 4 N–H and O–H groups in total. The number of carbonyl (C=O) groups excluding carboxylic acids is 1. The van der Waals surface area contributed by atoms with Gasteiger partial charge in [-0.15, -0.1) is 0 Å². The van der Waals surface area contributed by atoms with E-state index in [1.54, 1.807) is 0 Å². The Morgan fingerprint density at radius 3 is 2.84 bits per heavy atom. The van der Waals surface area contributed by atoms with Crippen LogP contribution in [0.25, 0.3) is 0 Å². The Kier molecular flexibility index (Phi) is 5.03. The monoisotopic (exact) mass is 263 g/mol. The van der Waals surface area contributed by atoms with Crippen molar-refractivity contribution in [3.05, 3.63) is 24.3 Å². The second-order valence-corrected chi connectivity index (χ2v) is 4.80. The summed E-state index contributed by atoms with van der Waals surface area (Å²) < 4.78 is 5.22. The summed E-state index contributed by atoms with van der Waals surface area (Å²) in [6.45, 7) is 2.09. The molecule has 1 aliphatic rings. The van der Waals surface area contributed by atoms with Crippen molar-refractivity contribution in [2.75, 3.05) is 25.0 Å². The van der Waals surface area contributed by atoms with Crippen molar-refractivity contribution >= 4 is 11.6 Å². The van der Waals surface area contributed by atoms with Gasteiger partial charge in [-0.2, -0.15) is 0 Å². The van der Waals surface area contributed by atoms with Crippen LogP contribution in [0.3, 0.4) is 0 Å². The zero-order valence-corrected chi connectivity index (χ0v) is 11.0. The molecule has 0 radical (unpaired) electrons. The summed E-state index contributed by atoms with van der Waals surface area (Å²) in [5.74, 6) is 0.194. The first-order chi connectivity index (χ1) is 9.24. The van der Waals surface area contributed by atoms with Crippen LogP contribution >= 0.6 is 0 Å². The van der Waals surface area contributed by atoms with Crippen molar-refractivity contribution in [1.82, 2.24) is 5.32 Å². The number of benzene rings is 1. The number of nitrogens with two attached hydrogens (primary N) is 1. The van der Waals surface area contributed by atoms with E-state index >= 15 is 0 Å². The summed E-state index contributed by atoms with van der Waals surface area (Å²) >= 11 is 0. The fourth-order valence-electron chi connectivity index (χ4n) is 2.20. The standard InChI is InChI=1S/C14H21N3O2/c15-14(18)10-19-13-5-3-12(4-6-13)17-11-2-1-8-16-9-7-11/h3-6,11,16-17H,1-2,7-10H2,(H2,15,18). The fourth-order valence-corrected chi connectivity index (χ4v) is 2.20. The second kappa shape index (κ2) is 6.99. The molecule has 0 spiro atoms. The lowest BCUT2D eigenvalue weighted by Crippen LogP contribution is -2.21. The van der Waals surface area contributed by atoms with Gasteiger partial charge in [-0.05, 0) is 56.6 Å². The Hall–Kier alpha value is -1.75. The van der Waals surface area contributed by atoms with E-state index in [9.17, 15) is 4.79 Å². The van der Waals surface area contributed by atoms with E-state index in [0.717, 1.165) is 25.2 Å². The number of ether oxygens (including phenoxy) is 1. The van der Waals surface area contributed by atoms with Crippen LogP contribution in [-0.4, -0.2) is 31.6 Å². The number of primary amides is 1. The molecule has 0 bridgehead atoms. The van der Waals surface area contributed by atoms with Crippen LogP contribution < -0.4 is 21.1 Å². The van der Waals surface area contributed by atoms with Gasteiger partial charge in [0.15, 0.2) is 6.61 Å². The van der Waals surface area contributed by atoms with Crippen LogP contribution in [0.2, 0.25) is 0 Å². The molecule has 5 heteroatoms. The number of hydrogen-bond acceptors (Lipinski definition) is 4. The van der Waals surface area contributed by atoms with Crippen molar-refractivity contribution in [3.63, 3.8) is 0 Å². The molecule has 1 atom stereocenters. The minimum absolute atomic E-state index is 0.0823. The third-order valence-corrected chi connectivity index (χ3v) is 3.18. The lowest BCUT2D eigenvalue weighted by Gasteiger charge is -2.17. The average molecular weight is 263 g/mol. The van der Waals surface area contributed by atoms with Gasteiger partial charge in [-0.25, -0.2) is 0 Å². The highest BCUT2D eigenvalue weighted by atomic mass is 16.5. The van der Waals surface area contributed by atoms with Crippen LogP contribution in [0, 0.1) is 0 Å².